The lowest BCUT2D eigenvalue weighted by molar-refractivity contribution is -0.0942. The molecule has 1 spiro atoms. The monoisotopic (exact) mass is 298 g/mol. The predicted octanol–water partition coefficient (Wildman–Crippen LogP) is 1.27. The number of aliphatic hydroxyl groups is 1. The van der Waals surface area contributed by atoms with Gasteiger partial charge in [-0.25, -0.2) is 0 Å². The highest BCUT2D eigenvalue weighted by Gasteiger charge is 2.65. The van der Waals surface area contributed by atoms with Gasteiger partial charge in [0.2, 0.25) is 0 Å². The molecule has 1 saturated heterocycles. The second kappa shape index (κ2) is 3.88. The maximum absolute atomic E-state index is 10.5. The summed E-state index contributed by atoms with van der Waals surface area (Å²) >= 11 is 0. The summed E-state index contributed by atoms with van der Waals surface area (Å²) in [5.74, 6) is 1.08. The number of rotatable bonds is 0. The van der Waals surface area contributed by atoms with Crippen molar-refractivity contribution in [3.63, 3.8) is 0 Å². The van der Waals surface area contributed by atoms with Gasteiger partial charge in [0, 0.05) is 23.6 Å². The Labute approximate surface area is 128 Å². The van der Waals surface area contributed by atoms with Crippen LogP contribution in [0.3, 0.4) is 0 Å². The summed E-state index contributed by atoms with van der Waals surface area (Å²) in [5.41, 5.74) is 2.07. The number of nitriles is 1. The van der Waals surface area contributed by atoms with Crippen molar-refractivity contribution >= 4 is 0 Å². The number of benzene rings is 1. The van der Waals surface area contributed by atoms with E-state index in [2.05, 4.69) is 6.19 Å². The van der Waals surface area contributed by atoms with E-state index in [1.807, 2.05) is 11.0 Å². The Bertz CT molecular complexity index is 713. The second-order valence-electron chi connectivity index (χ2n) is 7.09. The van der Waals surface area contributed by atoms with Crippen molar-refractivity contribution in [2.45, 2.75) is 49.3 Å². The van der Waals surface area contributed by atoms with Gasteiger partial charge in [-0.3, -0.25) is 0 Å². The predicted molar refractivity (Wildman–Crippen MR) is 77.4 cm³/mol. The smallest absolute Gasteiger partial charge is 0.179 e. The topological polar surface area (TPSA) is 76.7 Å². The van der Waals surface area contributed by atoms with Crippen molar-refractivity contribution in [1.29, 1.82) is 5.26 Å². The number of nitrogens with zero attached hydrogens (tertiary/aromatic N) is 2. The van der Waals surface area contributed by atoms with Gasteiger partial charge in [0.1, 0.15) is 6.10 Å². The molecule has 2 N–H and O–H groups in total. The van der Waals surface area contributed by atoms with Crippen LogP contribution in [0.4, 0.5) is 0 Å². The van der Waals surface area contributed by atoms with Crippen LogP contribution in [-0.4, -0.2) is 39.9 Å². The number of likely N-dealkylation sites (tertiary alicyclic amines) is 1. The average Bonchev–Trinajstić information content (AvgIpc) is 2.87. The Morgan fingerprint density at radius 2 is 2.23 bits per heavy atom. The van der Waals surface area contributed by atoms with Crippen molar-refractivity contribution in [2.75, 3.05) is 6.54 Å². The SMILES string of the molecule is N#CN1CC[C@]23c4c5ccc(O)c4O[C@H]2[C@H](O)CC[C@H]3[C@H]1C5. The van der Waals surface area contributed by atoms with Gasteiger partial charge >= 0.3 is 0 Å². The fourth-order valence-corrected chi connectivity index (χ4v) is 5.64. The number of phenolic OH excluding ortho intramolecular Hbond substituents is 1. The number of aromatic hydroxyl groups is 1. The van der Waals surface area contributed by atoms with E-state index in [0.29, 0.717) is 24.6 Å². The zero-order valence-electron chi connectivity index (χ0n) is 12.2. The summed E-state index contributed by atoms with van der Waals surface area (Å²) < 4.78 is 6.09. The first-order chi connectivity index (χ1) is 10.7. The molecule has 1 aromatic rings. The molecule has 2 fully saturated rings. The maximum atomic E-state index is 10.5. The lowest BCUT2D eigenvalue weighted by Crippen LogP contribution is -2.66. The first-order valence-corrected chi connectivity index (χ1v) is 8.03. The van der Waals surface area contributed by atoms with Crippen molar-refractivity contribution < 1.29 is 14.9 Å². The molecule has 2 aliphatic heterocycles. The highest BCUT2D eigenvalue weighted by molar-refractivity contribution is 5.60. The Morgan fingerprint density at radius 3 is 3.05 bits per heavy atom. The molecule has 5 nitrogen and oxygen atoms in total. The molecule has 0 aromatic heterocycles. The molecule has 2 heterocycles. The molecule has 1 aromatic carbocycles. The zero-order chi connectivity index (χ0) is 15.1. The zero-order valence-corrected chi connectivity index (χ0v) is 12.2. The van der Waals surface area contributed by atoms with E-state index in [1.54, 1.807) is 6.07 Å². The lowest BCUT2D eigenvalue weighted by atomic mass is 9.51. The highest BCUT2D eigenvalue weighted by atomic mass is 16.5. The third-order valence-electron chi connectivity index (χ3n) is 6.41. The number of piperidine rings is 1. The van der Waals surface area contributed by atoms with Crippen LogP contribution in [0.15, 0.2) is 12.1 Å². The van der Waals surface area contributed by atoms with Gasteiger partial charge in [-0.1, -0.05) is 6.07 Å². The first kappa shape index (κ1) is 12.6. The second-order valence-corrected chi connectivity index (χ2v) is 7.09. The van der Waals surface area contributed by atoms with E-state index in [9.17, 15) is 15.5 Å². The van der Waals surface area contributed by atoms with Crippen LogP contribution in [0.25, 0.3) is 0 Å². The number of phenols is 1. The fourth-order valence-electron chi connectivity index (χ4n) is 5.64. The summed E-state index contributed by atoms with van der Waals surface area (Å²) in [4.78, 5) is 1.92. The van der Waals surface area contributed by atoms with Crippen molar-refractivity contribution in [1.82, 2.24) is 4.90 Å². The van der Waals surface area contributed by atoms with Crippen LogP contribution in [0.2, 0.25) is 0 Å². The Morgan fingerprint density at radius 1 is 1.36 bits per heavy atom. The minimum Gasteiger partial charge on any atom is -0.504 e. The van der Waals surface area contributed by atoms with E-state index in [0.717, 1.165) is 24.8 Å². The summed E-state index contributed by atoms with van der Waals surface area (Å²) in [6.45, 7) is 0.707. The van der Waals surface area contributed by atoms with Crippen molar-refractivity contribution in [3.05, 3.63) is 23.3 Å². The van der Waals surface area contributed by atoms with Gasteiger partial charge < -0.3 is 19.8 Å². The first-order valence-electron chi connectivity index (χ1n) is 8.03. The van der Waals surface area contributed by atoms with Gasteiger partial charge in [-0.05, 0) is 43.2 Å². The summed E-state index contributed by atoms with van der Waals surface area (Å²) in [5, 5.41) is 30.2. The molecular formula is C17H18N2O3. The molecular weight excluding hydrogens is 280 g/mol. The average molecular weight is 298 g/mol. The third-order valence-corrected chi connectivity index (χ3v) is 6.41. The van der Waals surface area contributed by atoms with Crippen LogP contribution < -0.4 is 4.74 Å². The molecule has 2 aliphatic carbocycles. The van der Waals surface area contributed by atoms with Gasteiger partial charge in [-0.2, -0.15) is 5.26 Å². The van der Waals surface area contributed by atoms with Crippen LogP contribution in [0.5, 0.6) is 11.5 Å². The van der Waals surface area contributed by atoms with Crippen molar-refractivity contribution in [3.8, 4) is 17.7 Å². The number of hydrogen-bond donors (Lipinski definition) is 2. The Hall–Kier alpha value is -1.93. The summed E-state index contributed by atoms with van der Waals surface area (Å²) in [6.07, 6.45) is 4.84. The number of hydrogen-bond acceptors (Lipinski definition) is 5. The lowest BCUT2D eigenvalue weighted by Gasteiger charge is -2.57. The molecule has 0 amide bonds. The minimum absolute atomic E-state index is 0.176. The van der Waals surface area contributed by atoms with E-state index >= 15 is 0 Å². The van der Waals surface area contributed by atoms with Crippen LogP contribution in [-0.2, 0) is 11.8 Å². The van der Waals surface area contributed by atoms with Crippen molar-refractivity contribution in [2.24, 2.45) is 5.92 Å². The third kappa shape index (κ3) is 1.21. The van der Waals surface area contributed by atoms with E-state index < -0.39 is 6.10 Å². The number of ether oxygens (including phenoxy) is 1. The molecule has 2 bridgehead atoms. The standard InChI is InChI=1S/C17H18N2O3/c18-8-19-6-5-17-10-2-4-13(21)16(17)22-15-12(20)3-1-9(14(15)17)7-11(10)19/h1,3,10-11,13,16,20-21H,2,4-7H2/t10-,11+,13+,16-,17-/m0/s1. The Balaban J connectivity index is 1.79. The van der Waals surface area contributed by atoms with E-state index in [4.69, 9.17) is 4.74 Å². The van der Waals surface area contributed by atoms with Crippen LogP contribution in [0, 0.1) is 17.4 Å². The van der Waals surface area contributed by atoms with Crippen LogP contribution in [0.1, 0.15) is 30.4 Å². The largest absolute Gasteiger partial charge is 0.504 e. The molecule has 5 atom stereocenters. The molecule has 5 rings (SSSR count). The molecule has 0 unspecified atom stereocenters. The van der Waals surface area contributed by atoms with Gasteiger partial charge in [0.15, 0.2) is 17.7 Å². The fraction of sp³-hybridized carbons (Fsp3) is 0.588. The van der Waals surface area contributed by atoms with Gasteiger partial charge in [0.25, 0.3) is 0 Å². The molecule has 5 heteroatoms. The molecule has 22 heavy (non-hydrogen) atoms. The summed E-state index contributed by atoms with van der Waals surface area (Å²) in [7, 11) is 0. The maximum Gasteiger partial charge on any atom is 0.179 e. The Kier molecular flexibility index (Phi) is 2.22. The van der Waals surface area contributed by atoms with Gasteiger partial charge in [0.05, 0.1) is 6.10 Å². The highest BCUT2D eigenvalue weighted by Crippen LogP contribution is 2.63. The quantitative estimate of drug-likeness (QED) is 0.705. The van der Waals surface area contributed by atoms with Crippen LogP contribution >= 0.6 is 0 Å². The molecule has 1 saturated carbocycles. The van der Waals surface area contributed by atoms with E-state index in [1.165, 1.54) is 5.56 Å². The normalized spacial score (nSPS) is 40.6. The number of aliphatic hydroxyl groups excluding tert-OH is 1. The minimum atomic E-state index is -0.497. The summed E-state index contributed by atoms with van der Waals surface area (Å²) in [6, 6.07) is 3.84. The van der Waals surface area contributed by atoms with Gasteiger partial charge in [-0.15, -0.1) is 0 Å². The molecule has 0 radical (unpaired) electrons. The van der Waals surface area contributed by atoms with E-state index in [-0.39, 0.29) is 23.3 Å². The molecule has 4 aliphatic rings. The molecule has 114 valence electrons.